The first-order valence-corrected chi connectivity index (χ1v) is 8.43. The summed E-state index contributed by atoms with van der Waals surface area (Å²) < 4.78 is 10.9. The van der Waals surface area contributed by atoms with Crippen molar-refractivity contribution < 1.29 is 14.3 Å². The van der Waals surface area contributed by atoms with Gasteiger partial charge in [0.1, 0.15) is 11.5 Å². The molecule has 0 heterocycles. The Morgan fingerprint density at radius 2 is 1.58 bits per heavy atom. The lowest BCUT2D eigenvalue weighted by atomic mass is 10.1. The molecule has 4 heteroatoms. The molecule has 0 aliphatic carbocycles. The van der Waals surface area contributed by atoms with E-state index >= 15 is 0 Å². The van der Waals surface area contributed by atoms with Crippen molar-refractivity contribution in [2.24, 2.45) is 0 Å². The van der Waals surface area contributed by atoms with Crippen LogP contribution >= 0.6 is 0 Å². The summed E-state index contributed by atoms with van der Waals surface area (Å²) in [7, 11) is 1.63. The molecule has 26 heavy (non-hydrogen) atoms. The van der Waals surface area contributed by atoms with Gasteiger partial charge in [-0.2, -0.15) is 0 Å². The molecule has 0 aliphatic rings. The van der Waals surface area contributed by atoms with E-state index in [1.165, 1.54) is 0 Å². The molecular weight excluding hydrogens is 326 g/mol. The third-order valence-electron chi connectivity index (χ3n) is 3.98. The number of benzene rings is 3. The topological polar surface area (TPSA) is 47.6 Å². The summed E-state index contributed by atoms with van der Waals surface area (Å²) in [5, 5.41) is 2.86. The number of para-hydroxylation sites is 1. The Kier molecular flexibility index (Phi) is 5.88. The number of ether oxygens (including phenoxy) is 2. The van der Waals surface area contributed by atoms with E-state index in [4.69, 9.17) is 9.47 Å². The van der Waals surface area contributed by atoms with Crippen LogP contribution in [-0.2, 0) is 11.3 Å². The molecule has 0 fully saturated rings. The molecule has 0 saturated heterocycles. The van der Waals surface area contributed by atoms with E-state index in [1.54, 1.807) is 7.11 Å². The molecule has 1 N–H and O–H groups in total. The lowest BCUT2D eigenvalue weighted by Gasteiger charge is -2.12. The first kappa shape index (κ1) is 17.5. The Balaban J connectivity index is 1.56. The molecule has 3 aromatic carbocycles. The van der Waals surface area contributed by atoms with Crippen molar-refractivity contribution in [2.75, 3.05) is 13.7 Å². The maximum absolute atomic E-state index is 12.1. The number of rotatable bonds is 7. The van der Waals surface area contributed by atoms with Gasteiger partial charge < -0.3 is 14.8 Å². The number of hydrogen-bond donors (Lipinski definition) is 1. The summed E-state index contributed by atoms with van der Waals surface area (Å²) in [6, 6.07) is 25.3. The van der Waals surface area contributed by atoms with Gasteiger partial charge in [0.2, 0.25) is 0 Å². The van der Waals surface area contributed by atoms with E-state index in [9.17, 15) is 4.79 Å². The van der Waals surface area contributed by atoms with Gasteiger partial charge in [-0.3, -0.25) is 4.79 Å². The van der Waals surface area contributed by atoms with Gasteiger partial charge >= 0.3 is 0 Å². The molecular formula is C22H21NO3. The zero-order valence-corrected chi connectivity index (χ0v) is 14.6. The van der Waals surface area contributed by atoms with Gasteiger partial charge in [-0.05, 0) is 29.3 Å². The summed E-state index contributed by atoms with van der Waals surface area (Å²) >= 11 is 0. The summed E-state index contributed by atoms with van der Waals surface area (Å²) in [4.78, 5) is 12.1. The fourth-order valence-electron chi connectivity index (χ4n) is 2.59. The van der Waals surface area contributed by atoms with E-state index < -0.39 is 0 Å². The fourth-order valence-corrected chi connectivity index (χ4v) is 2.59. The van der Waals surface area contributed by atoms with Crippen molar-refractivity contribution in [1.29, 1.82) is 0 Å². The Bertz CT molecular complexity index is 845. The van der Waals surface area contributed by atoms with Crippen LogP contribution in [0.2, 0.25) is 0 Å². The first-order chi connectivity index (χ1) is 12.8. The van der Waals surface area contributed by atoms with E-state index in [0.29, 0.717) is 12.3 Å². The van der Waals surface area contributed by atoms with E-state index in [-0.39, 0.29) is 12.5 Å². The number of carbonyl (C=O) groups excluding carboxylic acids is 1. The van der Waals surface area contributed by atoms with Crippen molar-refractivity contribution in [3.63, 3.8) is 0 Å². The Hall–Kier alpha value is -3.27. The zero-order chi connectivity index (χ0) is 18.2. The predicted octanol–water partition coefficient (Wildman–Crippen LogP) is 4.06. The third kappa shape index (κ3) is 4.63. The maximum atomic E-state index is 12.1. The molecule has 0 radical (unpaired) electrons. The van der Waals surface area contributed by atoms with Crippen LogP contribution in [0.3, 0.4) is 0 Å². The monoisotopic (exact) mass is 347 g/mol. The van der Waals surface area contributed by atoms with E-state index in [1.807, 2.05) is 78.9 Å². The van der Waals surface area contributed by atoms with E-state index in [2.05, 4.69) is 5.32 Å². The zero-order valence-electron chi connectivity index (χ0n) is 14.6. The number of amides is 1. The second-order valence-electron chi connectivity index (χ2n) is 5.78. The average molecular weight is 347 g/mol. The van der Waals surface area contributed by atoms with Crippen molar-refractivity contribution >= 4 is 5.91 Å². The fraction of sp³-hybridized carbons (Fsp3) is 0.136. The van der Waals surface area contributed by atoms with E-state index in [0.717, 1.165) is 22.4 Å². The second-order valence-corrected chi connectivity index (χ2v) is 5.78. The predicted molar refractivity (Wildman–Crippen MR) is 102 cm³/mol. The normalized spacial score (nSPS) is 10.2. The van der Waals surface area contributed by atoms with Gasteiger partial charge in [0.15, 0.2) is 6.61 Å². The van der Waals surface area contributed by atoms with Crippen LogP contribution in [0.5, 0.6) is 11.5 Å². The molecule has 3 aromatic rings. The Labute approximate surface area is 153 Å². The van der Waals surface area contributed by atoms with Gasteiger partial charge in [0.05, 0.1) is 7.11 Å². The minimum atomic E-state index is -0.163. The molecule has 3 rings (SSSR count). The van der Waals surface area contributed by atoms with Crippen molar-refractivity contribution in [3.05, 3.63) is 84.4 Å². The molecule has 4 nitrogen and oxygen atoms in total. The minimum Gasteiger partial charge on any atom is -0.497 e. The number of methoxy groups -OCH3 is 1. The van der Waals surface area contributed by atoms with Gasteiger partial charge in [0.25, 0.3) is 5.91 Å². The largest absolute Gasteiger partial charge is 0.497 e. The lowest BCUT2D eigenvalue weighted by molar-refractivity contribution is -0.123. The van der Waals surface area contributed by atoms with Crippen LogP contribution in [0.1, 0.15) is 5.56 Å². The number of carbonyl (C=O) groups is 1. The lowest BCUT2D eigenvalue weighted by Crippen LogP contribution is -2.28. The SMILES string of the molecule is COc1ccc(CNC(=O)COc2ccccc2-c2ccccc2)cc1. The molecule has 0 bridgehead atoms. The summed E-state index contributed by atoms with van der Waals surface area (Å²) in [5.74, 6) is 1.32. The molecule has 0 saturated carbocycles. The molecule has 1 amide bonds. The molecule has 0 aromatic heterocycles. The molecule has 0 unspecified atom stereocenters. The molecule has 0 aliphatic heterocycles. The van der Waals surface area contributed by atoms with Crippen molar-refractivity contribution in [3.8, 4) is 22.6 Å². The van der Waals surface area contributed by atoms with Crippen LogP contribution in [0, 0.1) is 0 Å². The van der Waals surface area contributed by atoms with Gasteiger partial charge in [0, 0.05) is 12.1 Å². The van der Waals surface area contributed by atoms with Gasteiger partial charge in [-0.25, -0.2) is 0 Å². The second kappa shape index (κ2) is 8.72. The average Bonchev–Trinajstić information content (AvgIpc) is 2.72. The standard InChI is InChI=1S/C22H21NO3/c1-25-19-13-11-17(12-14-19)15-23-22(24)16-26-21-10-6-5-9-20(21)18-7-3-2-4-8-18/h2-14H,15-16H2,1H3,(H,23,24). The number of nitrogens with one attached hydrogen (secondary N) is 1. The highest BCUT2D eigenvalue weighted by Crippen LogP contribution is 2.29. The minimum absolute atomic E-state index is 0.0278. The van der Waals surface area contributed by atoms with Crippen LogP contribution in [0.25, 0.3) is 11.1 Å². The van der Waals surface area contributed by atoms with Crippen LogP contribution < -0.4 is 14.8 Å². The highest BCUT2D eigenvalue weighted by atomic mass is 16.5. The maximum Gasteiger partial charge on any atom is 0.258 e. The van der Waals surface area contributed by atoms with Gasteiger partial charge in [-0.15, -0.1) is 0 Å². The summed E-state index contributed by atoms with van der Waals surface area (Å²) in [6.07, 6.45) is 0. The van der Waals surface area contributed by atoms with Crippen molar-refractivity contribution in [1.82, 2.24) is 5.32 Å². The van der Waals surface area contributed by atoms with Crippen LogP contribution in [0.15, 0.2) is 78.9 Å². The third-order valence-corrected chi connectivity index (χ3v) is 3.98. The Morgan fingerprint density at radius 3 is 2.31 bits per heavy atom. The molecule has 132 valence electrons. The molecule has 0 atom stereocenters. The number of hydrogen-bond acceptors (Lipinski definition) is 3. The highest BCUT2D eigenvalue weighted by Gasteiger charge is 2.08. The van der Waals surface area contributed by atoms with Gasteiger partial charge in [-0.1, -0.05) is 60.7 Å². The van der Waals surface area contributed by atoms with Crippen LogP contribution in [-0.4, -0.2) is 19.6 Å². The van der Waals surface area contributed by atoms with Crippen molar-refractivity contribution in [2.45, 2.75) is 6.54 Å². The first-order valence-electron chi connectivity index (χ1n) is 8.43. The quantitative estimate of drug-likeness (QED) is 0.701. The highest BCUT2D eigenvalue weighted by molar-refractivity contribution is 5.78. The summed E-state index contributed by atoms with van der Waals surface area (Å²) in [5.41, 5.74) is 3.03. The molecule has 0 spiro atoms. The smallest absolute Gasteiger partial charge is 0.258 e. The summed E-state index contributed by atoms with van der Waals surface area (Å²) in [6.45, 7) is 0.423. The van der Waals surface area contributed by atoms with Crippen LogP contribution in [0.4, 0.5) is 0 Å². The Morgan fingerprint density at radius 1 is 0.885 bits per heavy atom.